The van der Waals surface area contributed by atoms with E-state index in [1.165, 1.54) is 0 Å². The highest BCUT2D eigenvalue weighted by molar-refractivity contribution is 6.31. The molecule has 0 aliphatic heterocycles. The summed E-state index contributed by atoms with van der Waals surface area (Å²) in [7, 11) is 0. The minimum absolute atomic E-state index is 0.0387. The number of alkyl halides is 2. The lowest BCUT2D eigenvalue weighted by molar-refractivity contribution is -0.0373. The summed E-state index contributed by atoms with van der Waals surface area (Å²) < 4.78 is 25.5. The SMILES string of the molecule is Cc1nc(Cl)c(NCC(F)(F)CO)nc1C. The summed E-state index contributed by atoms with van der Waals surface area (Å²) in [5, 5.41) is 10.8. The first-order chi connectivity index (χ1) is 7.35. The predicted molar refractivity (Wildman–Crippen MR) is 57.0 cm³/mol. The third-order valence-electron chi connectivity index (χ3n) is 2.01. The molecule has 0 unspecified atom stereocenters. The fourth-order valence-corrected chi connectivity index (χ4v) is 1.19. The van der Waals surface area contributed by atoms with Crippen molar-refractivity contribution in [1.82, 2.24) is 9.97 Å². The van der Waals surface area contributed by atoms with Crippen LogP contribution < -0.4 is 5.32 Å². The highest BCUT2D eigenvalue weighted by Crippen LogP contribution is 2.20. The topological polar surface area (TPSA) is 58.0 Å². The van der Waals surface area contributed by atoms with Crippen LogP contribution in [-0.2, 0) is 0 Å². The van der Waals surface area contributed by atoms with Gasteiger partial charge in [0.2, 0.25) is 0 Å². The molecule has 16 heavy (non-hydrogen) atoms. The van der Waals surface area contributed by atoms with Gasteiger partial charge in [-0.15, -0.1) is 0 Å². The summed E-state index contributed by atoms with van der Waals surface area (Å²) in [6.07, 6.45) is 0. The molecule has 0 atom stereocenters. The monoisotopic (exact) mass is 251 g/mol. The quantitative estimate of drug-likeness (QED) is 0.857. The van der Waals surface area contributed by atoms with Crippen LogP contribution in [-0.4, -0.2) is 34.1 Å². The van der Waals surface area contributed by atoms with Crippen molar-refractivity contribution in [2.45, 2.75) is 19.8 Å². The number of aliphatic hydroxyl groups excluding tert-OH is 1. The highest BCUT2D eigenvalue weighted by Gasteiger charge is 2.27. The lowest BCUT2D eigenvalue weighted by Gasteiger charge is -2.15. The molecule has 1 rings (SSSR count). The Hall–Kier alpha value is -1.01. The van der Waals surface area contributed by atoms with E-state index in [0.717, 1.165) is 0 Å². The van der Waals surface area contributed by atoms with Crippen molar-refractivity contribution in [2.75, 3.05) is 18.5 Å². The zero-order valence-electron chi connectivity index (χ0n) is 8.89. The van der Waals surface area contributed by atoms with Crippen molar-refractivity contribution in [3.63, 3.8) is 0 Å². The molecule has 0 aromatic carbocycles. The van der Waals surface area contributed by atoms with Crippen LogP contribution >= 0.6 is 11.6 Å². The minimum atomic E-state index is -3.20. The smallest absolute Gasteiger partial charge is 0.287 e. The number of aliphatic hydroxyl groups is 1. The van der Waals surface area contributed by atoms with E-state index in [1.807, 2.05) is 0 Å². The number of nitrogens with one attached hydrogen (secondary N) is 1. The van der Waals surface area contributed by atoms with Gasteiger partial charge in [0.15, 0.2) is 11.0 Å². The molecule has 7 heteroatoms. The second-order valence-corrected chi connectivity index (χ2v) is 3.76. The van der Waals surface area contributed by atoms with Gasteiger partial charge < -0.3 is 10.4 Å². The van der Waals surface area contributed by atoms with Crippen LogP contribution in [0.2, 0.25) is 5.15 Å². The Bertz CT molecular complexity index is 387. The average Bonchev–Trinajstić information content (AvgIpc) is 2.22. The summed E-state index contributed by atoms with van der Waals surface area (Å²) in [5.41, 5.74) is 1.25. The van der Waals surface area contributed by atoms with Crippen LogP contribution in [0, 0.1) is 13.8 Å². The van der Waals surface area contributed by atoms with Gasteiger partial charge in [-0.05, 0) is 13.8 Å². The standard InChI is InChI=1S/C9H12ClF2N3O/c1-5-6(2)15-8(7(10)14-5)13-3-9(11,12)4-16/h16H,3-4H2,1-2H3,(H,13,15). The Balaban J connectivity index is 2.79. The summed E-state index contributed by atoms with van der Waals surface area (Å²) in [5.74, 6) is -3.11. The zero-order valence-corrected chi connectivity index (χ0v) is 9.65. The molecule has 0 aliphatic carbocycles. The van der Waals surface area contributed by atoms with Gasteiger partial charge in [0.1, 0.15) is 6.61 Å². The molecule has 0 amide bonds. The summed E-state index contributed by atoms with van der Waals surface area (Å²) in [6.45, 7) is 1.46. The van der Waals surface area contributed by atoms with Crippen molar-refractivity contribution in [1.29, 1.82) is 0 Å². The fourth-order valence-electron chi connectivity index (χ4n) is 0.957. The molecule has 90 valence electrons. The van der Waals surface area contributed by atoms with E-state index in [9.17, 15) is 8.78 Å². The third-order valence-corrected chi connectivity index (χ3v) is 2.27. The van der Waals surface area contributed by atoms with Gasteiger partial charge in [-0.25, -0.2) is 18.7 Å². The molecule has 0 saturated carbocycles. The minimum Gasteiger partial charge on any atom is -0.390 e. The number of nitrogens with zero attached hydrogens (tertiary/aromatic N) is 2. The molecule has 4 nitrogen and oxygen atoms in total. The van der Waals surface area contributed by atoms with Gasteiger partial charge in [0.25, 0.3) is 5.92 Å². The number of anilines is 1. The molecule has 1 heterocycles. The summed E-state index contributed by atoms with van der Waals surface area (Å²) >= 11 is 5.73. The Morgan fingerprint density at radius 3 is 2.44 bits per heavy atom. The maximum atomic E-state index is 12.7. The Kier molecular flexibility index (Phi) is 3.98. The normalized spacial score (nSPS) is 11.6. The lowest BCUT2D eigenvalue weighted by atomic mass is 10.3. The molecule has 0 bridgehead atoms. The molecule has 0 aliphatic rings. The molecule has 0 fully saturated rings. The van der Waals surface area contributed by atoms with Crippen LogP contribution in [0.4, 0.5) is 14.6 Å². The maximum absolute atomic E-state index is 12.7. The van der Waals surface area contributed by atoms with Gasteiger partial charge in [-0.2, -0.15) is 0 Å². The van der Waals surface area contributed by atoms with E-state index in [-0.39, 0.29) is 11.0 Å². The van der Waals surface area contributed by atoms with E-state index >= 15 is 0 Å². The van der Waals surface area contributed by atoms with Crippen LogP contribution in [0.3, 0.4) is 0 Å². The lowest BCUT2D eigenvalue weighted by Crippen LogP contribution is -2.31. The van der Waals surface area contributed by atoms with Crippen molar-refractivity contribution >= 4 is 17.4 Å². The molecule has 1 aromatic heterocycles. The average molecular weight is 252 g/mol. The Morgan fingerprint density at radius 1 is 1.31 bits per heavy atom. The van der Waals surface area contributed by atoms with E-state index < -0.39 is 19.1 Å². The maximum Gasteiger partial charge on any atom is 0.287 e. The molecule has 0 radical (unpaired) electrons. The van der Waals surface area contributed by atoms with E-state index in [4.69, 9.17) is 16.7 Å². The number of aromatic nitrogens is 2. The number of aryl methyl sites for hydroxylation is 2. The molecule has 1 aromatic rings. The molecular weight excluding hydrogens is 240 g/mol. The first kappa shape index (κ1) is 13.1. The van der Waals surface area contributed by atoms with E-state index in [2.05, 4.69) is 15.3 Å². The predicted octanol–water partition coefficient (Wildman–Crippen LogP) is 1.79. The van der Waals surface area contributed by atoms with Gasteiger partial charge in [0.05, 0.1) is 17.9 Å². The highest BCUT2D eigenvalue weighted by atomic mass is 35.5. The summed E-state index contributed by atoms with van der Waals surface area (Å²) in [6, 6.07) is 0. The van der Waals surface area contributed by atoms with E-state index in [0.29, 0.717) is 11.4 Å². The zero-order chi connectivity index (χ0) is 12.3. The largest absolute Gasteiger partial charge is 0.390 e. The van der Waals surface area contributed by atoms with E-state index in [1.54, 1.807) is 13.8 Å². The molecule has 0 saturated heterocycles. The number of hydrogen-bond acceptors (Lipinski definition) is 4. The van der Waals surface area contributed by atoms with Crippen molar-refractivity contribution in [3.05, 3.63) is 16.5 Å². The van der Waals surface area contributed by atoms with Gasteiger partial charge in [-0.1, -0.05) is 11.6 Å². The first-order valence-electron chi connectivity index (χ1n) is 4.59. The van der Waals surface area contributed by atoms with Crippen molar-refractivity contribution in [3.8, 4) is 0 Å². The van der Waals surface area contributed by atoms with Crippen LogP contribution in [0.25, 0.3) is 0 Å². The van der Waals surface area contributed by atoms with Gasteiger partial charge >= 0.3 is 0 Å². The Labute approximate surface area is 96.7 Å². The third kappa shape index (κ3) is 3.24. The van der Waals surface area contributed by atoms with Crippen molar-refractivity contribution < 1.29 is 13.9 Å². The van der Waals surface area contributed by atoms with Gasteiger partial charge in [-0.3, -0.25) is 0 Å². The number of hydrogen-bond donors (Lipinski definition) is 2. The first-order valence-corrected chi connectivity index (χ1v) is 4.97. The van der Waals surface area contributed by atoms with Crippen LogP contribution in [0.5, 0.6) is 0 Å². The number of halogens is 3. The van der Waals surface area contributed by atoms with Crippen LogP contribution in [0.15, 0.2) is 0 Å². The van der Waals surface area contributed by atoms with Crippen LogP contribution in [0.1, 0.15) is 11.4 Å². The van der Waals surface area contributed by atoms with Gasteiger partial charge in [0, 0.05) is 0 Å². The Morgan fingerprint density at radius 2 is 1.88 bits per heavy atom. The van der Waals surface area contributed by atoms with Crippen molar-refractivity contribution in [2.24, 2.45) is 0 Å². The molecule has 2 N–H and O–H groups in total. The molecular formula is C9H12ClF2N3O. The molecule has 0 spiro atoms. The fraction of sp³-hybridized carbons (Fsp3) is 0.556. The second kappa shape index (κ2) is 4.88. The summed E-state index contributed by atoms with van der Waals surface area (Å²) in [4.78, 5) is 7.92. The number of rotatable bonds is 4. The second-order valence-electron chi connectivity index (χ2n) is 3.40.